The van der Waals surface area contributed by atoms with E-state index in [1.807, 2.05) is 13.8 Å². The van der Waals surface area contributed by atoms with Gasteiger partial charge in [-0.3, -0.25) is 14.9 Å². The molecule has 0 bridgehead atoms. The van der Waals surface area contributed by atoms with E-state index in [2.05, 4.69) is 16.0 Å². The first kappa shape index (κ1) is 13.2. The summed E-state index contributed by atoms with van der Waals surface area (Å²) in [6.07, 6.45) is 0.0595. The number of hydrogen-bond donors (Lipinski definition) is 4. The molecule has 100 valence electrons. The summed E-state index contributed by atoms with van der Waals surface area (Å²) in [5.41, 5.74) is 0. The van der Waals surface area contributed by atoms with Crippen molar-refractivity contribution in [1.29, 1.82) is 0 Å². The lowest BCUT2D eigenvalue weighted by atomic mass is 9.73. The molecule has 4 unspecified atom stereocenters. The quantitative estimate of drug-likeness (QED) is 0.513. The molecule has 7 heteroatoms. The molecule has 4 N–H and O–H groups in total. The first-order valence-corrected chi connectivity index (χ1v) is 6.41. The Hall–Kier alpha value is -1.21. The largest absolute Gasteiger partial charge is 0.480 e. The van der Waals surface area contributed by atoms with Crippen molar-refractivity contribution in [3.05, 3.63) is 0 Å². The molecule has 0 aromatic rings. The van der Waals surface area contributed by atoms with E-state index in [-0.39, 0.29) is 28.8 Å². The number of aliphatic carboxylic acids is 1. The van der Waals surface area contributed by atoms with Crippen molar-refractivity contribution in [3.8, 4) is 0 Å². The van der Waals surface area contributed by atoms with Gasteiger partial charge in [0.05, 0.1) is 12.1 Å². The van der Waals surface area contributed by atoms with Crippen LogP contribution in [0.2, 0.25) is 0 Å². The van der Waals surface area contributed by atoms with Gasteiger partial charge < -0.3 is 15.7 Å². The Morgan fingerprint density at radius 3 is 2.72 bits per heavy atom. The Kier molecular flexibility index (Phi) is 3.54. The number of carboxylic acids is 1. The van der Waals surface area contributed by atoms with Crippen LogP contribution in [0.3, 0.4) is 0 Å². The summed E-state index contributed by atoms with van der Waals surface area (Å²) in [4.78, 5) is 23.1. The van der Waals surface area contributed by atoms with Gasteiger partial charge in [0.2, 0.25) is 5.91 Å². The highest BCUT2D eigenvalue weighted by atomic mass is 32.1. The second-order valence-electron chi connectivity index (χ2n) is 5.17. The lowest BCUT2D eigenvalue weighted by Gasteiger charge is -2.45. The molecule has 2 aliphatic rings. The summed E-state index contributed by atoms with van der Waals surface area (Å²) >= 11 is 4.93. The normalized spacial score (nSPS) is 35.7. The van der Waals surface area contributed by atoms with Crippen LogP contribution in [0.5, 0.6) is 0 Å². The zero-order valence-electron chi connectivity index (χ0n) is 10.3. The zero-order valence-corrected chi connectivity index (χ0v) is 11.1. The molecule has 0 radical (unpaired) electrons. The fourth-order valence-corrected chi connectivity index (χ4v) is 2.99. The van der Waals surface area contributed by atoms with Gasteiger partial charge in [0.15, 0.2) is 5.11 Å². The summed E-state index contributed by atoms with van der Waals surface area (Å²) in [6.45, 7) is 4.01. The van der Waals surface area contributed by atoms with Gasteiger partial charge in [0.1, 0.15) is 6.04 Å². The van der Waals surface area contributed by atoms with Crippen LogP contribution in [-0.4, -0.2) is 34.3 Å². The zero-order chi connectivity index (χ0) is 13.4. The molecule has 2 saturated heterocycles. The molecule has 0 aromatic carbocycles. The van der Waals surface area contributed by atoms with Gasteiger partial charge in [-0.1, -0.05) is 13.8 Å². The van der Waals surface area contributed by atoms with Gasteiger partial charge in [-0.2, -0.15) is 0 Å². The summed E-state index contributed by atoms with van der Waals surface area (Å²) in [6, 6.07) is -0.639. The van der Waals surface area contributed by atoms with Gasteiger partial charge in [-0.15, -0.1) is 0 Å². The van der Waals surface area contributed by atoms with Crippen molar-refractivity contribution in [2.24, 2.45) is 17.8 Å². The number of carboxylic acid groups (broad SMARTS) is 1. The Morgan fingerprint density at radius 1 is 1.50 bits per heavy atom. The van der Waals surface area contributed by atoms with Crippen molar-refractivity contribution in [2.75, 3.05) is 0 Å². The SMILES string of the molecule is CC(C)C1CC(C(=O)O)NC2NC(=S)NC(=O)C21. The monoisotopic (exact) mass is 271 g/mol. The Balaban J connectivity index is 2.26. The molecule has 0 spiro atoms. The fraction of sp³-hybridized carbons (Fsp3) is 0.727. The number of rotatable bonds is 2. The summed E-state index contributed by atoms with van der Waals surface area (Å²) in [7, 11) is 0. The number of carbonyl (C=O) groups is 2. The van der Waals surface area contributed by atoms with Crippen LogP contribution in [0.1, 0.15) is 20.3 Å². The smallest absolute Gasteiger partial charge is 0.320 e. The van der Waals surface area contributed by atoms with Crippen LogP contribution in [-0.2, 0) is 9.59 Å². The van der Waals surface area contributed by atoms with E-state index in [9.17, 15) is 9.59 Å². The number of thiocarbonyl (C=S) groups is 1. The molecule has 6 nitrogen and oxygen atoms in total. The van der Waals surface area contributed by atoms with Crippen molar-refractivity contribution in [1.82, 2.24) is 16.0 Å². The molecule has 2 fully saturated rings. The molecular weight excluding hydrogens is 254 g/mol. The van der Waals surface area contributed by atoms with Crippen LogP contribution in [0.15, 0.2) is 0 Å². The topological polar surface area (TPSA) is 90.5 Å². The van der Waals surface area contributed by atoms with E-state index in [4.69, 9.17) is 17.3 Å². The third-order valence-electron chi connectivity index (χ3n) is 3.69. The number of amides is 1. The van der Waals surface area contributed by atoms with E-state index >= 15 is 0 Å². The number of carbonyl (C=O) groups excluding carboxylic acids is 1. The van der Waals surface area contributed by atoms with E-state index in [1.54, 1.807) is 0 Å². The molecule has 2 rings (SSSR count). The average Bonchev–Trinajstić information content (AvgIpc) is 2.26. The van der Waals surface area contributed by atoms with Crippen molar-refractivity contribution in [2.45, 2.75) is 32.5 Å². The number of hydrogen-bond acceptors (Lipinski definition) is 4. The molecule has 0 aromatic heterocycles. The van der Waals surface area contributed by atoms with Crippen LogP contribution < -0.4 is 16.0 Å². The Bertz CT molecular complexity index is 399. The first-order chi connectivity index (χ1) is 8.40. The van der Waals surface area contributed by atoms with Crippen molar-refractivity contribution < 1.29 is 14.7 Å². The van der Waals surface area contributed by atoms with Crippen LogP contribution in [0.4, 0.5) is 0 Å². The van der Waals surface area contributed by atoms with E-state index < -0.39 is 18.2 Å². The molecule has 2 heterocycles. The van der Waals surface area contributed by atoms with Gasteiger partial charge in [-0.25, -0.2) is 0 Å². The highest BCUT2D eigenvalue weighted by molar-refractivity contribution is 7.80. The van der Waals surface area contributed by atoms with E-state index in [0.29, 0.717) is 6.42 Å². The van der Waals surface area contributed by atoms with Gasteiger partial charge in [0.25, 0.3) is 0 Å². The van der Waals surface area contributed by atoms with Crippen molar-refractivity contribution >= 4 is 29.2 Å². The molecule has 1 amide bonds. The number of fused-ring (bicyclic) bond motifs is 1. The molecule has 18 heavy (non-hydrogen) atoms. The second kappa shape index (κ2) is 4.81. The molecular formula is C11H17N3O3S. The molecule has 4 atom stereocenters. The fourth-order valence-electron chi connectivity index (χ4n) is 2.76. The number of nitrogens with one attached hydrogen (secondary N) is 3. The maximum Gasteiger partial charge on any atom is 0.320 e. The standard InChI is InChI=1S/C11H17N3O3S/c1-4(2)5-3-6(10(16)17)12-8-7(5)9(15)14-11(18)13-8/h4-8,12H,3H2,1-2H3,(H,16,17)(H2,13,14,15,18). The number of piperidine rings is 1. The highest BCUT2D eigenvalue weighted by Crippen LogP contribution is 2.33. The van der Waals surface area contributed by atoms with Gasteiger partial charge in [-0.05, 0) is 30.5 Å². The van der Waals surface area contributed by atoms with Crippen LogP contribution in [0, 0.1) is 17.8 Å². The van der Waals surface area contributed by atoms with E-state index in [0.717, 1.165) is 0 Å². The third-order valence-corrected chi connectivity index (χ3v) is 3.91. The van der Waals surface area contributed by atoms with Gasteiger partial charge >= 0.3 is 5.97 Å². The lowest BCUT2D eigenvalue weighted by Crippen LogP contribution is -2.70. The molecule has 2 aliphatic heterocycles. The minimum atomic E-state index is -0.891. The maximum atomic E-state index is 12.0. The third kappa shape index (κ3) is 2.32. The molecule has 0 saturated carbocycles. The molecule has 0 aliphatic carbocycles. The minimum Gasteiger partial charge on any atom is -0.480 e. The predicted octanol–water partition coefficient (Wildman–Crippen LogP) is -0.348. The second-order valence-corrected chi connectivity index (χ2v) is 5.58. The van der Waals surface area contributed by atoms with Gasteiger partial charge in [0, 0.05) is 0 Å². The highest BCUT2D eigenvalue weighted by Gasteiger charge is 2.47. The predicted molar refractivity (Wildman–Crippen MR) is 68.7 cm³/mol. The minimum absolute atomic E-state index is 0.0212. The summed E-state index contributed by atoms with van der Waals surface area (Å²) < 4.78 is 0. The van der Waals surface area contributed by atoms with Crippen molar-refractivity contribution in [3.63, 3.8) is 0 Å². The Labute approximate surface area is 111 Å². The lowest BCUT2D eigenvalue weighted by molar-refractivity contribution is -0.144. The maximum absolute atomic E-state index is 12.0. The Morgan fingerprint density at radius 2 is 2.17 bits per heavy atom. The summed E-state index contributed by atoms with van der Waals surface area (Å²) in [5, 5.41) is 17.9. The van der Waals surface area contributed by atoms with Crippen LogP contribution in [0.25, 0.3) is 0 Å². The average molecular weight is 271 g/mol. The van der Waals surface area contributed by atoms with Crippen LogP contribution >= 0.6 is 12.2 Å². The summed E-state index contributed by atoms with van der Waals surface area (Å²) in [5.74, 6) is -1.04. The van der Waals surface area contributed by atoms with E-state index in [1.165, 1.54) is 0 Å². The first-order valence-electron chi connectivity index (χ1n) is 6.00.